The Morgan fingerprint density at radius 3 is 2.58 bits per heavy atom. The van der Waals surface area contributed by atoms with Gasteiger partial charge in [0.2, 0.25) is 0 Å². The summed E-state index contributed by atoms with van der Waals surface area (Å²) in [4.78, 5) is 6.59. The normalized spacial score (nSPS) is 17.3. The zero-order valence-corrected chi connectivity index (χ0v) is 21.7. The van der Waals surface area contributed by atoms with E-state index in [-0.39, 0.29) is 12.1 Å². The highest BCUT2D eigenvalue weighted by atomic mass is 35.5. The molecule has 0 unspecified atom stereocenters. The van der Waals surface area contributed by atoms with Gasteiger partial charge in [0.15, 0.2) is 5.11 Å². The lowest BCUT2D eigenvalue weighted by molar-refractivity contribution is 0.146. The first kappa shape index (κ1) is 24.6. The van der Waals surface area contributed by atoms with E-state index in [9.17, 15) is 0 Å². The van der Waals surface area contributed by atoms with Crippen molar-refractivity contribution in [2.45, 2.75) is 12.1 Å². The number of anilines is 1. The Hall–Kier alpha value is -3.10. The highest BCUT2D eigenvalue weighted by molar-refractivity contribution is 7.80. The van der Waals surface area contributed by atoms with E-state index in [1.807, 2.05) is 77.7 Å². The number of thiocarbonyl (C=S) groups is 1. The van der Waals surface area contributed by atoms with Crippen LogP contribution in [0, 0.1) is 0 Å². The second-order valence-electron chi connectivity index (χ2n) is 8.16. The van der Waals surface area contributed by atoms with Gasteiger partial charge in [-0.15, -0.1) is 0 Å². The van der Waals surface area contributed by atoms with Crippen molar-refractivity contribution in [3.05, 3.63) is 100 Å². The summed E-state index contributed by atoms with van der Waals surface area (Å²) in [6, 6.07) is 22.3. The second kappa shape index (κ2) is 10.9. The third-order valence-electron chi connectivity index (χ3n) is 5.88. The van der Waals surface area contributed by atoms with Gasteiger partial charge in [0.05, 0.1) is 23.4 Å². The van der Waals surface area contributed by atoms with Crippen LogP contribution in [0.2, 0.25) is 10.0 Å². The van der Waals surface area contributed by atoms with Crippen LogP contribution in [0.25, 0.3) is 11.3 Å². The highest BCUT2D eigenvalue weighted by Gasteiger charge is 2.42. The summed E-state index contributed by atoms with van der Waals surface area (Å²) in [7, 11) is 1.63. The molecule has 1 aliphatic heterocycles. The fourth-order valence-corrected chi connectivity index (χ4v) is 4.90. The number of methoxy groups -OCH3 is 1. The Balaban J connectivity index is 1.52. The lowest BCUT2D eigenvalue weighted by Gasteiger charge is -2.26. The Labute approximate surface area is 224 Å². The highest BCUT2D eigenvalue weighted by Crippen LogP contribution is 2.44. The van der Waals surface area contributed by atoms with Gasteiger partial charge in [-0.3, -0.25) is 4.98 Å². The van der Waals surface area contributed by atoms with Crippen LogP contribution in [-0.4, -0.2) is 30.4 Å². The van der Waals surface area contributed by atoms with Gasteiger partial charge in [-0.05, 0) is 78.9 Å². The zero-order chi connectivity index (χ0) is 25.1. The summed E-state index contributed by atoms with van der Waals surface area (Å²) in [6.45, 7) is 0.879. The Morgan fingerprint density at radius 1 is 1.03 bits per heavy atom. The molecular formula is C27H23Cl2N3O3S. The molecule has 36 heavy (non-hydrogen) atoms. The van der Waals surface area contributed by atoms with Gasteiger partial charge in [0.25, 0.3) is 0 Å². The summed E-state index contributed by atoms with van der Waals surface area (Å²) < 4.78 is 17.2. The lowest BCUT2D eigenvalue weighted by atomic mass is 10.0. The quantitative estimate of drug-likeness (QED) is 0.194. The van der Waals surface area contributed by atoms with Gasteiger partial charge in [-0.1, -0.05) is 29.3 Å². The van der Waals surface area contributed by atoms with E-state index in [0.29, 0.717) is 34.1 Å². The molecule has 0 amide bonds. The van der Waals surface area contributed by atoms with Crippen molar-refractivity contribution in [1.82, 2.24) is 10.3 Å². The Bertz CT molecular complexity index is 1350. The van der Waals surface area contributed by atoms with Crippen LogP contribution >= 0.6 is 35.4 Å². The predicted octanol–water partition coefficient (Wildman–Crippen LogP) is 6.85. The van der Waals surface area contributed by atoms with E-state index >= 15 is 0 Å². The minimum Gasteiger partial charge on any atom is -0.490 e. The molecule has 1 fully saturated rings. The number of aromatic nitrogens is 1. The number of hydrogen-bond acceptors (Lipinski definition) is 5. The first-order valence-corrected chi connectivity index (χ1v) is 12.5. The Kier molecular flexibility index (Phi) is 7.43. The molecule has 0 aliphatic carbocycles. The Morgan fingerprint density at radius 2 is 1.86 bits per heavy atom. The molecule has 2 atom stereocenters. The molecule has 1 aliphatic rings. The summed E-state index contributed by atoms with van der Waals surface area (Å²) in [6.07, 6.45) is 1.77. The summed E-state index contributed by atoms with van der Waals surface area (Å²) >= 11 is 18.4. The van der Waals surface area contributed by atoms with Crippen LogP contribution in [-0.2, 0) is 4.74 Å². The molecule has 0 spiro atoms. The van der Waals surface area contributed by atoms with Gasteiger partial charge in [0, 0.05) is 29.6 Å². The van der Waals surface area contributed by atoms with Crippen molar-refractivity contribution in [3.63, 3.8) is 0 Å². The van der Waals surface area contributed by atoms with Crippen LogP contribution in [0.15, 0.2) is 83.4 Å². The number of benzene rings is 2. The van der Waals surface area contributed by atoms with E-state index in [1.54, 1.807) is 13.3 Å². The number of halogens is 2. The molecule has 5 rings (SSSR count). The molecule has 0 radical (unpaired) electrons. The predicted molar refractivity (Wildman–Crippen MR) is 146 cm³/mol. The first-order valence-electron chi connectivity index (χ1n) is 11.3. The van der Waals surface area contributed by atoms with Gasteiger partial charge in [-0.2, -0.15) is 0 Å². The second-order valence-corrected chi connectivity index (χ2v) is 9.39. The molecule has 9 heteroatoms. The fraction of sp³-hybridized carbons (Fsp3) is 0.185. The molecule has 4 aromatic rings. The number of nitrogens with zero attached hydrogens (tertiary/aromatic N) is 2. The zero-order valence-electron chi connectivity index (χ0n) is 19.4. The van der Waals surface area contributed by atoms with E-state index in [0.717, 1.165) is 28.5 Å². The number of ether oxygens (including phenoxy) is 2. The van der Waals surface area contributed by atoms with Crippen molar-refractivity contribution < 1.29 is 13.9 Å². The maximum absolute atomic E-state index is 6.58. The molecule has 1 N–H and O–H groups in total. The standard InChI is InChI=1S/C27H23Cl2N3O3S/c1-33-14-15-34-23-10-9-19(16-20(23)29)32-26(25(31-27(32)36)21-4-2-3-13-30-21)24-12-11-22(35-24)17-5-7-18(28)8-6-17/h2-13,16,25-26H,14-15H2,1H3,(H,31,36)/t25-,26+/m0/s1. The van der Waals surface area contributed by atoms with Crippen molar-refractivity contribution in [2.24, 2.45) is 0 Å². The fourth-order valence-electron chi connectivity index (χ4n) is 4.19. The molecule has 1 saturated heterocycles. The van der Waals surface area contributed by atoms with Crippen LogP contribution in [0.5, 0.6) is 5.75 Å². The third-order valence-corrected chi connectivity index (χ3v) is 6.75. The number of furan rings is 1. The molecule has 3 heterocycles. The maximum atomic E-state index is 6.58. The summed E-state index contributed by atoms with van der Waals surface area (Å²) in [5.74, 6) is 2.05. The van der Waals surface area contributed by atoms with Crippen molar-refractivity contribution in [1.29, 1.82) is 0 Å². The number of pyridine rings is 1. The summed E-state index contributed by atoms with van der Waals surface area (Å²) in [5.41, 5.74) is 2.59. The molecule has 6 nitrogen and oxygen atoms in total. The van der Waals surface area contributed by atoms with E-state index in [1.165, 1.54) is 0 Å². The number of rotatable bonds is 8. The van der Waals surface area contributed by atoms with E-state index < -0.39 is 0 Å². The average molecular weight is 540 g/mol. The lowest BCUT2D eigenvalue weighted by Crippen LogP contribution is -2.29. The smallest absolute Gasteiger partial charge is 0.174 e. The SMILES string of the molecule is COCCOc1ccc(N2C(=S)N[C@@H](c3ccccn3)[C@H]2c2ccc(-c3ccc(Cl)cc3)o2)cc1Cl. The van der Waals surface area contributed by atoms with Crippen molar-refractivity contribution in [2.75, 3.05) is 25.2 Å². The van der Waals surface area contributed by atoms with Crippen LogP contribution < -0.4 is 15.0 Å². The number of hydrogen-bond donors (Lipinski definition) is 1. The van der Waals surface area contributed by atoms with Crippen LogP contribution in [0.1, 0.15) is 23.5 Å². The van der Waals surface area contributed by atoms with Crippen molar-refractivity contribution in [3.8, 4) is 17.1 Å². The molecule has 0 saturated carbocycles. The van der Waals surface area contributed by atoms with E-state index in [2.05, 4.69) is 10.3 Å². The minimum atomic E-state index is -0.301. The third kappa shape index (κ3) is 5.06. The van der Waals surface area contributed by atoms with Gasteiger partial charge >= 0.3 is 0 Å². The maximum Gasteiger partial charge on any atom is 0.174 e. The molecule has 184 valence electrons. The topological polar surface area (TPSA) is 59.8 Å². The summed E-state index contributed by atoms with van der Waals surface area (Å²) in [5, 5.41) is 5.12. The van der Waals surface area contributed by atoms with Crippen LogP contribution in [0.4, 0.5) is 5.69 Å². The molecule has 2 aromatic heterocycles. The van der Waals surface area contributed by atoms with Crippen molar-refractivity contribution >= 4 is 46.2 Å². The van der Waals surface area contributed by atoms with Gasteiger partial charge in [-0.25, -0.2) is 0 Å². The van der Waals surface area contributed by atoms with Crippen LogP contribution in [0.3, 0.4) is 0 Å². The van der Waals surface area contributed by atoms with Gasteiger partial charge in [0.1, 0.15) is 29.9 Å². The minimum absolute atomic E-state index is 0.237. The van der Waals surface area contributed by atoms with E-state index in [4.69, 9.17) is 49.3 Å². The monoisotopic (exact) mass is 539 g/mol. The largest absolute Gasteiger partial charge is 0.490 e. The molecule has 2 aromatic carbocycles. The molecule has 0 bridgehead atoms. The average Bonchev–Trinajstić information content (AvgIpc) is 3.51. The number of nitrogens with one attached hydrogen (secondary N) is 1. The first-order chi connectivity index (χ1) is 17.5. The molecular weight excluding hydrogens is 517 g/mol. The van der Waals surface area contributed by atoms with Gasteiger partial charge < -0.3 is 24.1 Å².